The van der Waals surface area contributed by atoms with Gasteiger partial charge in [0.1, 0.15) is 17.3 Å². The Kier molecular flexibility index (Phi) is 3.84. The third-order valence-corrected chi connectivity index (χ3v) is 2.77. The molecule has 0 fully saturated rings. The fraction of sp³-hybridized carbons (Fsp3) is 0.143. The van der Waals surface area contributed by atoms with E-state index in [0.717, 1.165) is 0 Å². The summed E-state index contributed by atoms with van der Waals surface area (Å²) in [6, 6.07) is 5.61. The molecule has 0 atom stereocenters. The zero-order valence-electron chi connectivity index (χ0n) is 10.9. The lowest BCUT2D eigenvalue weighted by molar-refractivity contribution is 0.0690. The molecule has 1 heterocycles. The van der Waals surface area contributed by atoms with Crippen molar-refractivity contribution in [1.82, 2.24) is 4.98 Å². The van der Waals surface area contributed by atoms with E-state index in [9.17, 15) is 9.18 Å². The smallest absolute Gasteiger partial charge is 0.354 e. The largest absolute Gasteiger partial charge is 0.497 e. The third-order valence-electron chi connectivity index (χ3n) is 2.77. The standard InChI is InChI=1S/C14H12FNO4/c1-19-8-3-4-9(11(15)5-8)10-7-16-12(14(17)18)6-13(10)20-2/h3-7H,1-2H3,(H,17,18). The minimum atomic E-state index is -1.18. The second-order valence-electron chi connectivity index (χ2n) is 3.92. The second kappa shape index (κ2) is 5.56. The minimum absolute atomic E-state index is 0.167. The molecule has 2 rings (SSSR count). The molecule has 1 aromatic carbocycles. The molecule has 104 valence electrons. The van der Waals surface area contributed by atoms with Gasteiger partial charge in [0.15, 0.2) is 5.69 Å². The summed E-state index contributed by atoms with van der Waals surface area (Å²) in [5.74, 6) is -1.06. The van der Waals surface area contributed by atoms with Gasteiger partial charge in [-0.2, -0.15) is 0 Å². The molecule has 2 aromatic rings. The molecule has 1 N–H and O–H groups in total. The van der Waals surface area contributed by atoms with Crippen molar-refractivity contribution in [2.75, 3.05) is 14.2 Å². The van der Waals surface area contributed by atoms with Gasteiger partial charge in [0.25, 0.3) is 0 Å². The number of aromatic carboxylic acids is 1. The van der Waals surface area contributed by atoms with Crippen molar-refractivity contribution in [3.05, 3.63) is 42.0 Å². The molecule has 0 aliphatic rings. The first-order valence-electron chi connectivity index (χ1n) is 5.68. The normalized spacial score (nSPS) is 10.2. The fourth-order valence-electron chi connectivity index (χ4n) is 1.77. The number of pyridine rings is 1. The van der Waals surface area contributed by atoms with Crippen LogP contribution in [0, 0.1) is 5.82 Å². The van der Waals surface area contributed by atoms with Crippen molar-refractivity contribution >= 4 is 5.97 Å². The number of hydrogen-bond acceptors (Lipinski definition) is 4. The van der Waals surface area contributed by atoms with Crippen LogP contribution >= 0.6 is 0 Å². The summed E-state index contributed by atoms with van der Waals surface area (Å²) >= 11 is 0. The molecule has 1 aromatic heterocycles. The number of aromatic nitrogens is 1. The fourth-order valence-corrected chi connectivity index (χ4v) is 1.77. The molecule has 0 saturated carbocycles. The second-order valence-corrected chi connectivity index (χ2v) is 3.92. The minimum Gasteiger partial charge on any atom is -0.497 e. The van der Waals surface area contributed by atoms with Crippen molar-refractivity contribution in [3.63, 3.8) is 0 Å². The third kappa shape index (κ3) is 2.54. The molecule has 0 radical (unpaired) electrons. The number of ether oxygens (including phenoxy) is 2. The zero-order valence-corrected chi connectivity index (χ0v) is 10.9. The molecular weight excluding hydrogens is 265 g/mol. The number of methoxy groups -OCH3 is 2. The number of hydrogen-bond donors (Lipinski definition) is 1. The Morgan fingerprint density at radius 3 is 2.50 bits per heavy atom. The van der Waals surface area contributed by atoms with E-state index in [2.05, 4.69) is 4.98 Å². The molecule has 20 heavy (non-hydrogen) atoms. The Hall–Kier alpha value is -2.63. The van der Waals surface area contributed by atoms with Gasteiger partial charge >= 0.3 is 5.97 Å². The van der Waals surface area contributed by atoms with Gasteiger partial charge in [-0.25, -0.2) is 14.2 Å². The summed E-state index contributed by atoms with van der Waals surface area (Å²) in [4.78, 5) is 14.6. The van der Waals surface area contributed by atoms with E-state index in [-0.39, 0.29) is 17.0 Å². The van der Waals surface area contributed by atoms with Crippen LogP contribution < -0.4 is 9.47 Å². The summed E-state index contributed by atoms with van der Waals surface area (Å²) in [5, 5.41) is 8.88. The lowest BCUT2D eigenvalue weighted by Gasteiger charge is -2.10. The van der Waals surface area contributed by atoms with Crippen LogP contribution in [0.15, 0.2) is 30.5 Å². The quantitative estimate of drug-likeness (QED) is 0.930. The maximum Gasteiger partial charge on any atom is 0.354 e. The molecular formula is C14H12FNO4. The van der Waals surface area contributed by atoms with Crippen molar-refractivity contribution < 1.29 is 23.8 Å². The maximum atomic E-state index is 14.0. The number of carboxylic acids is 1. The van der Waals surface area contributed by atoms with E-state index in [1.165, 1.54) is 38.6 Å². The van der Waals surface area contributed by atoms with E-state index in [1.54, 1.807) is 6.07 Å². The van der Waals surface area contributed by atoms with Gasteiger partial charge < -0.3 is 14.6 Å². The van der Waals surface area contributed by atoms with E-state index in [1.807, 2.05) is 0 Å². The van der Waals surface area contributed by atoms with Crippen LogP contribution in [-0.2, 0) is 0 Å². The van der Waals surface area contributed by atoms with Gasteiger partial charge in [0.05, 0.1) is 14.2 Å². The lowest BCUT2D eigenvalue weighted by Crippen LogP contribution is -2.02. The van der Waals surface area contributed by atoms with Gasteiger partial charge in [-0.05, 0) is 12.1 Å². The molecule has 0 aliphatic carbocycles. The lowest BCUT2D eigenvalue weighted by atomic mass is 10.1. The number of rotatable bonds is 4. The van der Waals surface area contributed by atoms with Crippen molar-refractivity contribution in [2.45, 2.75) is 0 Å². The molecule has 0 bridgehead atoms. The Balaban J connectivity index is 2.54. The number of carboxylic acid groups (broad SMARTS) is 1. The first-order valence-corrected chi connectivity index (χ1v) is 5.68. The van der Waals surface area contributed by atoms with Crippen LogP contribution in [0.5, 0.6) is 11.5 Å². The highest BCUT2D eigenvalue weighted by atomic mass is 19.1. The van der Waals surface area contributed by atoms with Gasteiger partial charge in [-0.1, -0.05) is 0 Å². The van der Waals surface area contributed by atoms with Crippen LogP contribution in [0.4, 0.5) is 4.39 Å². The molecule has 0 saturated heterocycles. The highest BCUT2D eigenvalue weighted by Crippen LogP contribution is 2.33. The van der Waals surface area contributed by atoms with E-state index in [0.29, 0.717) is 11.3 Å². The average molecular weight is 277 g/mol. The van der Waals surface area contributed by atoms with Crippen LogP contribution in [0.1, 0.15) is 10.5 Å². The highest BCUT2D eigenvalue weighted by Gasteiger charge is 2.15. The zero-order chi connectivity index (χ0) is 14.7. The first kappa shape index (κ1) is 13.8. The van der Waals surface area contributed by atoms with Gasteiger partial charge in [-0.3, -0.25) is 0 Å². The topological polar surface area (TPSA) is 68.7 Å². The number of carbonyl (C=O) groups is 1. The van der Waals surface area contributed by atoms with Crippen LogP contribution in [-0.4, -0.2) is 30.3 Å². The summed E-state index contributed by atoms with van der Waals surface area (Å²) in [6.07, 6.45) is 1.27. The monoisotopic (exact) mass is 277 g/mol. The van der Waals surface area contributed by atoms with Crippen LogP contribution in [0.3, 0.4) is 0 Å². The summed E-state index contributed by atoms with van der Waals surface area (Å²) in [7, 11) is 2.82. The number of halogens is 1. The average Bonchev–Trinajstić information content (AvgIpc) is 2.46. The van der Waals surface area contributed by atoms with Gasteiger partial charge in [-0.15, -0.1) is 0 Å². The van der Waals surface area contributed by atoms with Crippen LogP contribution in [0.25, 0.3) is 11.1 Å². The van der Waals surface area contributed by atoms with Crippen molar-refractivity contribution in [2.24, 2.45) is 0 Å². The summed E-state index contributed by atoms with van der Waals surface area (Å²) in [6.45, 7) is 0. The molecule has 6 heteroatoms. The Morgan fingerprint density at radius 2 is 1.95 bits per heavy atom. The predicted molar refractivity (Wildman–Crippen MR) is 69.7 cm³/mol. The SMILES string of the molecule is COc1ccc(-c2cnc(C(=O)O)cc2OC)c(F)c1. The molecule has 0 unspecified atom stereocenters. The van der Waals surface area contributed by atoms with Crippen molar-refractivity contribution in [1.29, 1.82) is 0 Å². The first-order chi connectivity index (χ1) is 9.56. The van der Waals surface area contributed by atoms with E-state index >= 15 is 0 Å². The predicted octanol–water partition coefficient (Wildman–Crippen LogP) is 2.60. The van der Waals surface area contributed by atoms with Gasteiger partial charge in [0, 0.05) is 29.5 Å². The van der Waals surface area contributed by atoms with Crippen LogP contribution in [0.2, 0.25) is 0 Å². The number of nitrogens with zero attached hydrogens (tertiary/aromatic N) is 1. The Morgan fingerprint density at radius 1 is 1.20 bits per heavy atom. The van der Waals surface area contributed by atoms with E-state index in [4.69, 9.17) is 14.6 Å². The molecule has 5 nitrogen and oxygen atoms in total. The molecule has 0 aliphatic heterocycles. The summed E-state index contributed by atoms with van der Waals surface area (Å²) in [5.41, 5.74) is 0.462. The van der Waals surface area contributed by atoms with Crippen molar-refractivity contribution in [3.8, 4) is 22.6 Å². The summed E-state index contributed by atoms with van der Waals surface area (Å²) < 4.78 is 24.0. The molecule has 0 spiro atoms. The Labute approximate surface area is 114 Å². The highest BCUT2D eigenvalue weighted by molar-refractivity contribution is 5.87. The number of benzene rings is 1. The Bertz CT molecular complexity index is 658. The molecule has 0 amide bonds. The maximum absolute atomic E-state index is 14.0. The van der Waals surface area contributed by atoms with Gasteiger partial charge in [0.2, 0.25) is 0 Å². The van der Waals surface area contributed by atoms with E-state index < -0.39 is 11.8 Å².